The first kappa shape index (κ1) is 21.2. The first-order valence-corrected chi connectivity index (χ1v) is 10.1. The lowest BCUT2D eigenvalue weighted by molar-refractivity contribution is -0.129. The maximum Gasteiger partial charge on any atom is 0.290 e. The van der Waals surface area contributed by atoms with Gasteiger partial charge in [0.25, 0.3) is 5.91 Å². The van der Waals surface area contributed by atoms with Crippen LogP contribution in [0, 0.1) is 0 Å². The minimum Gasteiger partial charge on any atom is -0.503 e. The van der Waals surface area contributed by atoms with Crippen molar-refractivity contribution in [2.45, 2.75) is 12.5 Å². The lowest BCUT2D eigenvalue weighted by Crippen LogP contribution is -2.33. The molecule has 1 aliphatic heterocycles. The van der Waals surface area contributed by atoms with Crippen molar-refractivity contribution in [1.29, 1.82) is 0 Å². The summed E-state index contributed by atoms with van der Waals surface area (Å²) in [4.78, 5) is 27.6. The monoisotopic (exact) mass is 433 g/mol. The molecule has 2 heterocycles. The van der Waals surface area contributed by atoms with Gasteiger partial charge in [-0.3, -0.25) is 9.59 Å². The molecule has 1 aliphatic rings. The standard InChI is InChI=1S/C25H23NO6/c1-30-18-11-10-16(15-20(18)31-2)12-13-26-22(17-7-4-3-5-8-17)21(24(28)25(26)29)23(27)19-9-6-14-32-19/h3-11,14-15,22,28H,12-13H2,1-2H3. The molecule has 7 heteroatoms. The van der Waals surface area contributed by atoms with Crippen LogP contribution in [-0.4, -0.2) is 42.5 Å². The highest BCUT2D eigenvalue weighted by atomic mass is 16.5. The SMILES string of the molecule is COc1ccc(CCN2C(=O)C(O)=C(C(=O)c3ccco3)C2c2ccccc2)cc1OC. The summed E-state index contributed by atoms with van der Waals surface area (Å²) < 4.78 is 15.9. The van der Waals surface area contributed by atoms with Gasteiger partial charge in [0.15, 0.2) is 23.0 Å². The summed E-state index contributed by atoms with van der Waals surface area (Å²) in [6.45, 7) is 0.285. The summed E-state index contributed by atoms with van der Waals surface area (Å²) in [6, 6.07) is 17.1. The molecule has 4 rings (SSSR count). The second-order valence-corrected chi connectivity index (χ2v) is 7.32. The molecule has 1 N–H and O–H groups in total. The molecule has 0 aliphatic carbocycles. The molecule has 164 valence electrons. The first-order chi connectivity index (χ1) is 15.5. The van der Waals surface area contributed by atoms with Crippen LogP contribution < -0.4 is 9.47 Å². The zero-order chi connectivity index (χ0) is 22.7. The lowest BCUT2D eigenvalue weighted by Gasteiger charge is -2.26. The van der Waals surface area contributed by atoms with Crippen molar-refractivity contribution < 1.29 is 28.6 Å². The van der Waals surface area contributed by atoms with E-state index >= 15 is 0 Å². The molecule has 1 atom stereocenters. The van der Waals surface area contributed by atoms with E-state index in [1.54, 1.807) is 26.4 Å². The first-order valence-electron chi connectivity index (χ1n) is 10.1. The van der Waals surface area contributed by atoms with Crippen molar-refractivity contribution in [2.75, 3.05) is 20.8 Å². The van der Waals surface area contributed by atoms with Gasteiger partial charge in [0.2, 0.25) is 5.78 Å². The molecular formula is C25H23NO6. The average molecular weight is 433 g/mol. The Morgan fingerprint density at radius 1 is 1.03 bits per heavy atom. The van der Waals surface area contributed by atoms with Crippen LogP contribution in [0.4, 0.5) is 0 Å². The third-order valence-electron chi connectivity index (χ3n) is 5.50. The summed E-state index contributed by atoms with van der Waals surface area (Å²) >= 11 is 0. The van der Waals surface area contributed by atoms with E-state index in [0.717, 1.165) is 11.1 Å². The van der Waals surface area contributed by atoms with Crippen molar-refractivity contribution in [3.05, 3.63) is 95.1 Å². The number of ketones is 1. The fourth-order valence-corrected chi connectivity index (χ4v) is 3.92. The number of amides is 1. The van der Waals surface area contributed by atoms with Crippen molar-refractivity contribution in [2.24, 2.45) is 0 Å². The summed E-state index contributed by atoms with van der Waals surface area (Å²) in [7, 11) is 3.13. The Bertz CT molecular complexity index is 1150. The number of carbonyl (C=O) groups excluding carboxylic acids is 2. The van der Waals surface area contributed by atoms with Crippen LogP contribution >= 0.6 is 0 Å². The van der Waals surface area contributed by atoms with Crippen LogP contribution in [0.25, 0.3) is 0 Å². The predicted octanol–water partition coefficient (Wildman–Crippen LogP) is 4.12. The molecule has 0 radical (unpaired) electrons. The summed E-state index contributed by atoms with van der Waals surface area (Å²) in [5.74, 6) is -0.375. The predicted molar refractivity (Wildman–Crippen MR) is 117 cm³/mol. The van der Waals surface area contributed by atoms with Gasteiger partial charge in [0.05, 0.1) is 32.1 Å². The lowest BCUT2D eigenvalue weighted by atomic mass is 9.95. The van der Waals surface area contributed by atoms with E-state index in [-0.39, 0.29) is 17.9 Å². The molecule has 7 nitrogen and oxygen atoms in total. The third-order valence-corrected chi connectivity index (χ3v) is 5.50. The maximum absolute atomic E-state index is 13.1. The van der Waals surface area contributed by atoms with E-state index in [1.807, 2.05) is 42.5 Å². The van der Waals surface area contributed by atoms with Gasteiger partial charge in [-0.2, -0.15) is 0 Å². The van der Waals surface area contributed by atoms with Crippen molar-refractivity contribution in [3.8, 4) is 11.5 Å². The van der Waals surface area contributed by atoms with Gasteiger partial charge in [-0.15, -0.1) is 0 Å². The van der Waals surface area contributed by atoms with E-state index in [9.17, 15) is 14.7 Å². The maximum atomic E-state index is 13.1. The second-order valence-electron chi connectivity index (χ2n) is 7.32. The molecule has 1 amide bonds. The summed E-state index contributed by atoms with van der Waals surface area (Å²) in [6.07, 6.45) is 1.87. The van der Waals surface area contributed by atoms with Crippen LogP contribution in [0.3, 0.4) is 0 Å². The van der Waals surface area contributed by atoms with Crippen LogP contribution in [0.5, 0.6) is 11.5 Å². The highest BCUT2D eigenvalue weighted by molar-refractivity contribution is 6.15. The zero-order valence-corrected chi connectivity index (χ0v) is 17.8. The fourth-order valence-electron chi connectivity index (χ4n) is 3.92. The molecular weight excluding hydrogens is 410 g/mol. The molecule has 1 unspecified atom stereocenters. The van der Waals surface area contributed by atoms with Crippen molar-refractivity contribution in [3.63, 3.8) is 0 Å². The minimum atomic E-state index is -0.721. The number of carbonyl (C=O) groups is 2. The molecule has 0 bridgehead atoms. The van der Waals surface area contributed by atoms with E-state index in [4.69, 9.17) is 13.9 Å². The Kier molecular flexibility index (Phi) is 5.98. The van der Waals surface area contributed by atoms with Crippen LogP contribution in [0.1, 0.15) is 27.7 Å². The molecule has 0 fully saturated rings. The van der Waals surface area contributed by atoms with Gasteiger partial charge < -0.3 is 23.9 Å². The van der Waals surface area contributed by atoms with Crippen molar-refractivity contribution in [1.82, 2.24) is 4.90 Å². The average Bonchev–Trinajstić information content (AvgIpc) is 3.45. The minimum absolute atomic E-state index is 0.0171. The van der Waals surface area contributed by atoms with Crippen LogP contribution in [0.2, 0.25) is 0 Å². The van der Waals surface area contributed by atoms with Gasteiger partial charge in [0.1, 0.15) is 0 Å². The normalized spacial score (nSPS) is 15.9. The van der Waals surface area contributed by atoms with Gasteiger partial charge in [-0.25, -0.2) is 0 Å². The van der Waals surface area contributed by atoms with Gasteiger partial charge in [-0.1, -0.05) is 36.4 Å². The quantitative estimate of drug-likeness (QED) is 0.538. The van der Waals surface area contributed by atoms with Gasteiger partial charge in [-0.05, 0) is 41.8 Å². The molecule has 2 aromatic carbocycles. The third kappa shape index (κ3) is 3.85. The Labute approximate surface area is 185 Å². The summed E-state index contributed by atoms with van der Waals surface area (Å²) in [5, 5.41) is 10.7. The number of hydrogen-bond donors (Lipinski definition) is 1. The summed E-state index contributed by atoms with van der Waals surface area (Å²) in [5.41, 5.74) is 1.67. The second kappa shape index (κ2) is 9.01. The number of furan rings is 1. The zero-order valence-electron chi connectivity index (χ0n) is 17.8. The molecule has 3 aromatic rings. The van der Waals surface area contributed by atoms with E-state index in [1.165, 1.54) is 17.2 Å². The number of ether oxygens (including phenoxy) is 2. The molecule has 0 spiro atoms. The van der Waals surface area contributed by atoms with Crippen LogP contribution in [-0.2, 0) is 11.2 Å². The van der Waals surface area contributed by atoms with Crippen LogP contribution in [0.15, 0.2) is 82.7 Å². The fraction of sp³-hybridized carbons (Fsp3) is 0.200. The number of benzene rings is 2. The van der Waals surface area contributed by atoms with E-state index in [2.05, 4.69) is 0 Å². The molecule has 32 heavy (non-hydrogen) atoms. The topological polar surface area (TPSA) is 89.2 Å². The highest BCUT2D eigenvalue weighted by Crippen LogP contribution is 2.39. The number of aliphatic hydroxyl groups excluding tert-OH is 1. The van der Waals surface area contributed by atoms with Gasteiger partial charge in [0, 0.05) is 6.54 Å². The van der Waals surface area contributed by atoms with Crippen molar-refractivity contribution >= 4 is 11.7 Å². The number of nitrogens with zero attached hydrogens (tertiary/aromatic N) is 1. The Balaban J connectivity index is 1.66. The number of methoxy groups -OCH3 is 2. The number of rotatable bonds is 8. The Morgan fingerprint density at radius 3 is 2.44 bits per heavy atom. The highest BCUT2D eigenvalue weighted by Gasteiger charge is 2.44. The van der Waals surface area contributed by atoms with Gasteiger partial charge >= 0.3 is 0 Å². The molecule has 0 saturated carbocycles. The molecule has 1 aromatic heterocycles. The number of hydrogen-bond acceptors (Lipinski definition) is 6. The smallest absolute Gasteiger partial charge is 0.290 e. The Hall–Kier alpha value is -4.00. The Morgan fingerprint density at radius 2 is 1.78 bits per heavy atom. The number of Topliss-reactive ketones (excluding diaryl/α,β-unsaturated/α-hetero) is 1. The van der Waals surface area contributed by atoms with E-state index < -0.39 is 23.5 Å². The number of aliphatic hydroxyl groups is 1. The molecule has 0 saturated heterocycles. The largest absolute Gasteiger partial charge is 0.503 e. The van der Waals surface area contributed by atoms with E-state index in [0.29, 0.717) is 17.9 Å².